The fourth-order valence-corrected chi connectivity index (χ4v) is 0. The van der Waals surface area contributed by atoms with E-state index in [1.54, 1.807) is 0 Å². The zero-order valence-electron chi connectivity index (χ0n) is 3.04. The average Bonchev–Trinajstić information content (AvgIpc) is 1.38. The van der Waals surface area contributed by atoms with Crippen LogP contribution in [-0.2, 0) is 0 Å². The van der Waals surface area contributed by atoms with Crippen LogP contribution in [0.1, 0.15) is 6.92 Å². The maximum atomic E-state index is 11.4. The average molecular weight is 141 g/mol. The molecule has 0 radical (unpaired) electrons. The Bertz CT molecular complexity index is 20.9. The molecule has 0 aliphatic rings. The fourth-order valence-electron chi connectivity index (χ4n) is 0. The van der Waals surface area contributed by atoms with Gasteiger partial charge in [-0.15, -0.1) is 0 Å². The molecule has 0 fully saturated rings. The van der Waals surface area contributed by atoms with Crippen LogP contribution in [0.15, 0.2) is 0 Å². The first-order valence-corrected chi connectivity index (χ1v) is 2.59. The third kappa shape index (κ3) is 4.41. The van der Waals surface area contributed by atoms with Crippen LogP contribution in [0.4, 0.5) is 4.39 Å². The summed E-state index contributed by atoms with van der Waals surface area (Å²) in [6.07, 6.45) is -0.699. The molecule has 0 aromatic heterocycles. The zero-order valence-corrected chi connectivity index (χ0v) is 4.63. The van der Waals surface area contributed by atoms with Crippen LogP contribution in [0.2, 0.25) is 0 Å². The molecule has 0 amide bonds. The summed E-state index contributed by atoms with van der Waals surface area (Å²) in [7, 11) is 0. The second kappa shape index (κ2) is 2.64. The number of alkyl halides is 2. The summed E-state index contributed by atoms with van der Waals surface area (Å²) in [4.78, 5) is 0. The highest BCUT2D eigenvalue weighted by Crippen LogP contribution is 1.90. The van der Waals surface area contributed by atoms with Gasteiger partial charge in [-0.25, -0.2) is 4.39 Å². The van der Waals surface area contributed by atoms with Gasteiger partial charge >= 0.3 is 0 Å². The number of hydrogen-bond donors (Lipinski definition) is 0. The van der Waals surface area contributed by atoms with E-state index in [-0.39, 0.29) is 0 Å². The molecule has 0 aliphatic heterocycles. The minimum Gasteiger partial charge on any atom is -0.247 e. The van der Waals surface area contributed by atoms with E-state index in [0.717, 1.165) is 0 Å². The third-order valence-electron chi connectivity index (χ3n) is 0.213. The highest BCUT2D eigenvalue weighted by molar-refractivity contribution is 9.09. The Morgan fingerprint density at radius 3 is 2.20 bits per heavy atom. The SMILES string of the molecule is C[C@H](F)CBr. The van der Waals surface area contributed by atoms with Gasteiger partial charge in [-0.1, -0.05) is 15.9 Å². The van der Waals surface area contributed by atoms with E-state index in [2.05, 4.69) is 15.9 Å². The molecule has 0 heterocycles. The van der Waals surface area contributed by atoms with E-state index < -0.39 is 6.17 Å². The molecule has 0 aromatic carbocycles. The van der Waals surface area contributed by atoms with Gasteiger partial charge in [-0.2, -0.15) is 0 Å². The number of hydrogen-bond acceptors (Lipinski definition) is 0. The second-order valence-electron chi connectivity index (χ2n) is 0.935. The molecule has 5 heavy (non-hydrogen) atoms. The molecular weight excluding hydrogens is 135 g/mol. The van der Waals surface area contributed by atoms with Gasteiger partial charge < -0.3 is 0 Å². The van der Waals surface area contributed by atoms with Crippen LogP contribution in [0, 0.1) is 0 Å². The molecule has 2 heteroatoms. The number of halogens is 2. The van der Waals surface area contributed by atoms with E-state index in [1.165, 1.54) is 6.92 Å². The molecule has 0 nitrogen and oxygen atoms in total. The lowest BCUT2D eigenvalue weighted by atomic mass is 10.5. The molecule has 0 spiro atoms. The minimum absolute atomic E-state index is 0.451. The molecule has 32 valence electrons. The van der Waals surface area contributed by atoms with E-state index in [9.17, 15) is 4.39 Å². The van der Waals surface area contributed by atoms with Crippen LogP contribution in [-0.4, -0.2) is 11.5 Å². The first kappa shape index (κ1) is 5.41. The van der Waals surface area contributed by atoms with Crippen LogP contribution < -0.4 is 0 Å². The largest absolute Gasteiger partial charge is 0.247 e. The van der Waals surface area contributed by atoms with Gasteiger partial charge in [0.15, 0.2) is 0 Å². The highest BCUT2D eigenvalue weighted by Gasteiger charge is 1.87. The molecule has 0 N–H and O–H groups in total. The van der Waals surface area contributed by atoms with Crippen molar-refractivity contribution in [1.82, 2.24) is 0 Å². The van der Waals surface area contributed by atoms with Gasteiger partial charge in [0.05, 0.1) is 0 Å². The molecule has 0 saturated heterocycles. The van der Waals surface area contributed by atoms with Crippen LogP contribution in [0.25, 0.3) is 0 Å². The normalized spacial score (nSPS) is 15.0. The summed E-state index contributed by atoms with van der Waals surface area (Å²) in [5, 5.41) is 0.451. The fraction of sp³-hybridized carbons (Fsp3) is 1.00. The van der Waals surface area contributed by atoms with Gasteiger partial charge in [-0.3, -0.25) is 0 Å². The van der Waals surface area contributed by atoms with Crippen LogP contribution in [0.3, 0.4) is 0 Å². The van der Waals surface area contributed by atoms with Gasteiger partial charge in [0.25, 0.3) is 0 Å². The quantitative estimate of drug-likeness (QED) is 0.488. The first-order chi connectivity index (χ1) is 2.27. The molecule has 0 aliphatic carbocycles. The van der Waals surface area contributed by atoms with Crippen molar-refractivity contribution in [2.75, 3.05) is 5.33 Å². The Labute approximate surface area is 39.5 Å². The van der Waals surface area contributed by atoms with Crippen molar-refractivity contribution in [3.63, 3.8) is 0 Å². The lowest BCUT2D eigenvalue weighted by molar-refractivity contribution is 0.400. The van der Waals surface area contributed by atoms with E-state index in [0.29, 0.717) is 5.33 Å². The van der Waals surface area contributed by atoms with Gasteiger partial charge in [0, 0.05) is 5.33 Å². The Hall–Kier alpha value is 0.410. The van der Waals surface area contributed by atoms with Crippen molar-refractivity contribution in [1.29, 1.82) is 0 Å². The predicted octanol–water partition coefficient (Wildman–Crippen LogP) is 1.74. The predicted molar refractivity (Wildman–Crippen MR) is 24.4 cm³/mol. The molecule has 0 rings (SSSR count). The summed E-state index contributed by atoms with van der Waals surface area (Å²) < 4.78 is 11.4. The topological polar surface area (TPSA) is 0 Å². The molecule has 0 saturated carbocycles. The zero-order chi connectivity index (χ0) is 4.28. The molecule has 0 unspecified atom stereocenters. The van der Waals surface area contributed by atoms with Crippen molar-refractivity contribution in [3.05, 3.63) is 0 Å². The summed E-state index contributed by atoms with van der Waals surface area (Å²) in [6.45, 7) is 1.51. The lowest BCUT2D eigenvalue weighted by Gasteiger charge is -1.84. The monoisotopic (exact) mass is 140 g/mol. The molecular formula is C3H6BrF. The first-order valence-electron chi connectivity index (χ1n) is 1.47. The Kier molecular flexibility index (Phi) is 2.85. The summed E-state index contributed by atoms with van der Waals surface area (Å²) in [5.74, 6) is 0. The van der Waals surface area contributed by atoms with Crippen LogP contribution in [0.5, 0.6) is 0 Å². The van der Waals surface area contributed by atoms with Crippen molar-refractivity contribution in [3.8, 4) is 0 Å². The van der Waals surface area contributed by atoms with Gasteiger partial charge in [0.1, 0.15) is 6.17 Å². The summed E-state index contributed by atoms with van der Waals surface area (Å²) in [6, 6.07) is 0. The van der Waals surface area contributed by atoms with Crippen LogP contribution >= 0.6 is 15.9 Å². The van der Waals surface area contributed by atoms with E-state index in [1.807, 2.05) is 0 Å². The molecule has 0 bridgehead atoms. The maximum absolute atomic E-state index is 11.4. The van der Waals surface area contributed by atoms with Gasteiger partial charge in [0.2, 0.25) is 0 Å². The Morgan fingerprint density at radius 1 is 2.00 bits per heavy atom. The second-order valence-corrected chi connectivity index (χ2v) is 1.58. The van der Waals surface area contributed by atoms with E-state index in [4.69, 9.17) is 0 Å². The maximum Gasteiger partial charge on any atom is 0.107 e. The van der Waals surface area contributed by atoms with Crippen molar-refractivity contribution in [2.24, 2.45) is 0 Å². The Balaban J connectivity index is 2.54. The molecule has 1 atom stereocenters. The standard InChI is InChI=1S/C3H6BrF/c1-3(5)2-4/h3H,2H2,1H3/t3-/m0/s1. The third-order valence-corrected chi connectivity index (χ3v) is 1.10. The number of rotatable bonds is 1. The van der Waals surface area contributed by atoms with Crippen molar-refractivity contribution < 1.29 is 4.39 Å². The van der Waals surface area contributed by atoms with E-state index >= 15 is 0 Å². The summed E-state index contributed by atoms with van der Waals surface area (Å²) >= 11 is 2.94. The minimum atomic E-state index is -0.699. The highest BCUT2D eigenvalue weighted by atomic mass is 79.9. The lowest BCUT2D eigenvalue weighted by Crippen LogP contribution is -1.89. The Morgan fingerprint density at radius 2 is 2.20 bits per heavy atom. The van der Waals surface area contributed by atoms with Crippen molar-refractivity contribution >= 4 is 15.9 Å². The summed E-state index contributed by atoms with van der Waals surface area (Å²) in [5.41, 5.74) is 0. The molecule has 0 aromatic rings. The van der Waals surface area contributed by atoms with Crippen molar-refractivity contribution in [2.45, 2.75) is 13.1 Å². The van der Waals surface area contributed by atoms with Gasteiger partial charge in [-0.05, 0) is 6.92 Å². The smallest absolute Gasteiger partial charge is 0.107 e.